The Bertz CT molecular complexity index is 679. The van der Waals surface area contributed by atoms with Crippen molar-refractivity contribution < 1.29 is 0 Å². The largest absolute Gasteiger partial charge is 0.354 e. The highest BCUT2D eigenvalue weighted by Crippen LogP contribution is 2.12. The van der Waals surface area contributed by atoms with E-state index in [1.165, 1.54) is 5.56 Å². The summed E-state index contributed by atoms with van der Waals surface area (Å²) in [7, 11) is 0. The molecule has 0 amide bonds. The fourth-order valence-corrected chi connectivity index (χ4v) is 2.42. The second-order valence-electron chi connectivity index (χ2n) is 4.27. The number of anilines is 2. The van der Waals surface area contributed by atoms with Crippen LogP contribution in [0.25, 0.3) is 5.95 Å². The van der Waals surface area contributed by atoms with Gasteiger partial charge in [0, 0.05) is 25.5 Å². The standard InChI is InChI=1S/C13H15N7S/c1-2-15-11-17-12(16-7-10-3-6-21-8-10)19-13(18-11)20-5-4-14-9-20/h3-6,8-9H,2,7H2,1H3,(H2,15,16,17,18,19). The Morgan fingerprint density at radius 3 is 2.71 bits per heavy atom. The lowest BCUT2D eigenvalue weighted by atomic mass is 10.3. The van der Waals surface area contributed by atoms with Gasteiger partial charge in [-0.3, -0.25) is 4.57 Å². The molecule has 0 aliphatic carbocycles. The van der Waals surface area contributed by atoms with Gasteiger partial charge in [-0.25, -0.2) is 4.98 Å². The van der Waals surface area contributed by atoms with E-state index in [-0.39, 0.29) is 0 Å². The van der Waals surface area contributed by atoms with E-state index < -0.39 is 0 Å². The topological polar surface area (TPSA) is 80.5 Å². The lowest BCUT2D eigenvalue weighted by molar-refractivity contribution is 0.886. The normalized spacial score (nSPS) is 10.5. The molecule has 3 heterocycles. The van der Waals surface area contributed by atoms with Crippen LogP contribution in [0.15, 0.2) is 35.5 Å². The van der Waals surface area contributed by atoms with Gasteiger partial charge in [-0.2, -0.15) is 26.3 Å². The first kappa shape index (κ1) is 13.5. The van der Waals surface area contributed by atoms with Crippen LogP contribution >= 0.6 is 11.3 Å². The Kier molecular flexibility index (Phi) is 4.06. The number of imidazole rings is 1. The van der Waals surface area contributed by atoms with Crippen LogP contribution in [0.3, 0.4) is 0 Å². The zero-order valence-corrected chi connectivity index (χ0v) is 12.3. The summed E-state index contributed by atoms with van der Waals surface area (Å²) in [5.74, 6) is 1.62. The van der Waals surface area contributed by atoms with Crippen molar-refractivity contribution in [2.75, 3.05) is 17.2 Å². The van der Waals surface area contributed by atoms with Crippen molar-refractivity contribution in [1.29, 1.82) is 0 Å². The lowest BCUT2D eigenvalue weighted by Crippen LogP contribution is -2.11. The van der Waals surface area contributed by atoms with Gasteiger partial charge >= 0.3 is 0 Å². The third-order valence-electron chi connectivity index (χ3n) is 2.72. The predicted octanol–water partition coefficient (Wildman–Crippen LogP) is 2.16. The zero-order chi connectivity index (χ0) is 14.5. The molecule has 0 unspecified atom stereocenters. The number of hydrogen-bond acceptors (Lipinski definition) is 7. The molecule has 0 aromatic carbocycles. The fourth-order valence-electron chi connectivity index (χ4n) is 1.75. The van der Waals surface area contributed by atoms with Crippen LogP contribution in [-0.2, 0) is 6.54 Å². The van der Waals surface area contributed by atoms with Gasteiger partial charge in [-0.1, -0.05) is 0 Å². The van der Waals surface area contributed by atoms with Crippen molar-refractivity contribution in [2.24, 2.45) is 0 Å². The SMILES string of the molecule is CCNc1nc(NCc2ccsc2)nc(-n2ccnc2)n1. The summed E-state index contributed by atoms with van der Waals surface area (Å²) < 4.78 is 1.75. The number of rotatable bonds is 6. The highest BCUT2D eigenvalue weighted by atomic mass is 32.1. The molecule has 2 N–H and O–H groups in total. The smallest absolute Gasteiger partial charge is 0.241 e. The molecular formula is C13H15N7S. The van der Waals surface area contributed by atoms with Gasteiger partial charge in [-0.15, -0.1) is 0 Å². The van der Waals surface area contributed by atoms with Crippen LogP contribution in [0.5, 0.6) is 0 Å². The van der Waals surface area contributed by atoms with Crippen molar-refractivity contribution in [3.63, 3.8) is 0 Å². The van der Waals surface area contributed by atoms with Crippen molar-refractivity contribution in [3.05, 3.63) is 41.1 Å². The third-order valence-corrected chi connectivity index (χ3v) is 3.46. The predicted molar refractivity (Wildman–Crippen MR) is 82.8 cm³/mol. The van der Waals surface area contributed by atoms with Crippen LogP contribution in [-0.4, -0.2) is 31.0 Å². The van der Waals surface area contributed by atoms with Crippen molar-refractivity contribution in [3.8, 4) is 5.95 Å². The Morgan fingerprint density at radius 2 is 2.05 bits per heavy atom. The number of thiophene rings is 1. The molecular weight excluding hydrogens is 286 g/mol. The summed E-state index contributed by atoms with van der Waals surface area (Å²) in [4.78, 5) is 17.1. The van der Waals surface area contributed by atoms with E-state index in [9.17, 15) is 0 Å². The van der Waals surface area contributed by atoms with Gasteiger partial charge < -0.3 is 10.6 Å². The van der Waals surface area contributed by atoms with Gasteiger partial charge in [0.05, 0.1) is 0 Å². The van der Waals surface area contributed by atoms with Crippen molar-refractivity contribution >= 4 is 23.2 Å². The van der Waals surface area contributed by atoms with Crippen LogP contribution in [0.1, 0.15) is 12.5 Å². The highest BCUT2D eigenvalue weighted by molar-refractivity contribution is 7.07. The monoisotopic (exact) mass is 301 g/mol. The fraction of sp³-hybridized carbons (Fsp3) is 0.231. The molecule has 3 aromatic heterocycles. The summed E-state index contributed by atoms with van der Waals surface area (Å²) in [6.45, 7) is 3.43. The molecule has 21 heavy (non-hydrogen) atoms. The average Bonchev–Trinajstić information content (AvgIpc) is 3.19. The van der Waals surface area contributed by atoms with E-state index in [4.69, 9.17) is 0 Å². The molecule has 0 bridgehead atoms. The molecule has 0 radical (unpaired) electrons. The molecule has 0 saturated carbocycles. The van der Waals surface area contributed by atoms with E-state index >= 15 is 0 Å². The zero-order valence-electron chi connectivity index (χ0n) is 11.5. The minimum absolute atomic E-state index is 0.534. The first-order valence-electron chi connectivity index (χ1n) is 6.58. The van der Waals surface area contributed by atoms with Crippen LogP contribution in [0, 0.1) is 0 Å². The Labute approximate surface area is 126 Å². The molecule has 0 spiro atoms. The molecule has 7 nitrogen and oxygen atoms in total. The van der Waals surface area contributed by atoms with Crippen LogP contribution in [0.2, 0.25) is 0 Å². The number of nitrogens with zero attached hydrogens (tertiary/aromatic N) is 5. The lowest BCUT2D eigenvalue weighted by Gasteiger charge is -2.09. The van der Waals surface area contributed by atoms with Gasteiger partial charge in [0.2, 0.25) is 17.8 Å². The second kappa shape index (κ2) is 6.31. The molecule has 0 aliphatic rings. The number of aromatic nitrogens is 5. The first-order chi connectivity index (χ1) is 10.3. The number of nitrogens with one attached hydrogen (secondary N) is 2. The Hall–Kier alpha value is -2.48. The number of hydrogen-bond donors (Lipinski definition) is 2. The van der Waals surface area contributed by atoms with Crippen LogP contribution in [0.4, 0.5) is 11.9 Å². The summed E-state index contributed by atoms with van der Waals surface area (Å²) in [6, 6.07) is 2.07. The maximum atomic E-state index is 4.41. The molecule has 0 saturated heterocycles. The average molecular weight is 301 g/mol. The summed E-state index contributed by atoms with van der Waals surface area (Å²) >= 11 is 1.67. The van der Waals surface area contributed by atoms with E-state index in [0.29, 0.717) is 24.4 Å². The van der Waals surface area contributed by atoms with E-state index in [0.717, 1.165) is 6.54 Å². The summed E-state index contributed by atoms with van der Waals surface area (Å²) in [6.07, 6.45) is 5.15. The van der Waals surface area contributed by atoms with E-state index in [1.807, 2.05) is 12.3 Å². The van der Waals surface area contributed by atoms with Gasteiger partial charge in [0.1, 0.15) is 6.33 Å². The molecule has 3 aromatic rings. The maximum absolute atomic E-state index is 4.41. The Balaban J connectivity index is 1.84. The maximum Gasteiger partial charge on any atom is 0.241 e. The minimum atomic E-state index is 0.534. The summed E-state index contributed by atoms with van der Waals surface area (Å²) in [5, 5.41) is 10.5. The minimum Gasteiger partial charge on any atom is -0.354 e. The molecule has 0 aliphatic heterocycles. The molecule has 3 rings (SSSR count). The van der Waals surface area contributed by atoms with Gasteiger partial charge in [0.15, 0.2) is 0 Å². The van der Waals surface area contributed by atoms with Crippen molar-refractivity contribution in [2.45, 2.75) is 13.5 Å². The van der Waals surface area contributed by atoms with Crippen LogP contribution < -0.4 is 10.6 Å². The van der Waals surface area contributed by atoms with Gasteiger partial charge in [-0.05, 0) is 29.3 Å². The third kappa shape index (κ3) is 3.34. The van der Waals surface area contributed by atoms with Gasteiger partial charge in [0.25, 0.3) is 0 Å². The Morgan fingerprint density at radius 1 is 1.19 bits per heavy atom. The highest BCUT2D eigenvalue weighted by Gasteiger charge is 2.07. The van der Waals surface area contributed by atoms with Crippen molar-refractivity contribution in [1.82, 2.24) is 24.5 Å². The second-order valence-corrected chi connectivity index (χ2v) is 5.05. The molecule has 0 fully saturated rings. The van der Waals surface area contributed by atoms with E-state index in [2.05, 4.69) is 42.0 Å². The summed E-state index contributed by atoms with van der Waals surface area (Å²) in [5.41, 5.74) is 1.20. The molecule has 0 atom stereocenters. The molecule has 108 valence electrons. The quantitative estimate of drug-likeness (QED) is 0.726. The van der Waals surface area contributed by atoms with E-state index in [1.54, 1.807) is 34.6 Å². The molecule has 8 heteroatoms. The first-order valence-corrected chi connectivity index (χ1v) is 7.52.